The first-order chi connectivity index (χ1) is 8.99. The summed E-state index contributed by atoms with van der Waals surface area (Å²) in [5.74, 6) is -1.08. The molecule has 1 saturated heterocycles. The Hall–Kier alpha value is -0.880. The van der Waals surface area contributed by atoms with Crippen LogP contribution in [0, 0.1) is 0 Å². The number of hydrogen-bond donors (Lipinski definition) is 1. The predicted octanol–water partition coefficient (Wildman–Crippen LogP) is 2.44. The summed E-state index contributed by atoms with van der Waals surface area (Å²) < 4.78 is 0.864. The highest BCUT2D eigenvalue weighted by Crippen LogP contribution is 2.24. The zero-order valence-electron chi connectivity index (χ0n) is 10.1. The van der Waals surface area contributed by atoms with Gasteiger partial charge in [-0.05, 0) is 11.6 Å². The molecule has 1 heterocycles. The highest BCUT2D eigenvalue weighted by atomic mass is 79.9. The molecule has 2 atom stereocenters. The Morgan fingerprint density at radius 3 is 2.68 bits per heavy atom. The second kappa shape index (κ2) is 6.05. The molecule has 19 heavy (non-hydrogen) atoms. The molecule has 0 bridgehead atoms. The molecule has 1 aromatic rings. The van der Waals surface area contributed by atoms with Crippen LogP contribution in [0.2, 0.25) is 0 Å². The van der Waals surface area contributed by atoms with E-state index in [-0.39, 0.29) is 10.7 Å². The zero-order valence-corrected chi connectivity index (χ0v) is 13.2. The van der Waals surface area contributed by atoms with Gasteiger partial charge in [0.1, 0.15) is 6.04 Å². The monoisotopic (exact) mass is 389 g/mol. The van der Waals surface area contributed by atoms with Gasteiger partial charge >= 0.3 is 5.97 Å². The van der Waals surface area contributed by atoms with E-state index < -0.39 is 12.0 Å². The summed E-state index contributed by atoms with van der Waals surface area (Å²) in [6, 6.07) is 6.66. The van der Waals surface area contributed by atoms with Crippen LogP contribution < -0.4 is 0 Å². The number of amides is 1. The SMILES string of the molecule is O=C(O)[C@H](Cc1ccccc1Br)N1CC(Br)CC1=O. The van der Waals surface area contributed by atoms with E-state index in [2.05, 4.69) is 31.9 Å². The van der Waals surface area contributed by atoms with Crippen LogP contribution in [0.25, 0.3) is 0 Å². The van der Waals surface area contributed by atoms with Gasteiger partial charge in [0.05, 0.1) is 0 Å². The molecule has 0 aromatic heterocycles. The van der Waals surface area contributed by atoms with Gasteiger partial charge in [-0.25, -0.2) is 4.79 Å². The van der Waals surface area contributed by atoms with Crippen molar-refractivity contribution in [3.8, 4) is 0 Å². The van der Waals surface area contributed by atoms with E-state index in [9.17, 15) is 14.7 Å². The molecule has 1 amide bonds. The summed E-state index contributed by atoms with van der Waals surface area (Å²) in [4.78, 5) is 24.7. The van der Waals surface area contributed by atoms with E-state index in [1.54, 1.807) is 0 Å². The first kappa shape index (κ1) is 14.5. The maximum atomic E-state index is 11.8. The number of aliphatic carboxylic acids is 1. The van der Waals surface area contributed by atoms with Crippen LogP contribution in [-0.2, 0) is 16.0 Å². The lowest BCUT2D eigenvalue weighted by molar-refractivity contribution is -0.148. The number of halogens is 2. The Morgan fingerprint density at radius 2 is 2.16 bits per heavy atom. The molecule has 0 aliphatic carbocycles. The summed E-state index contributed by atoms with van der Waals surface area (Å²) in [6.07, 6.45) is 0.669. The standard InChI is InChI=1S/C13H13Br2NO3/c14-9-6-12(17)16(7-9)11(13(18)19)5-8-3-1-2-4-10(8)15/h1-4,9,11H,5-7H2,(H,18,19)/t9?,11-/m0/s1. The van der Waals surface area contributed by atoms with Gasteiger partial charge in [-0.15, -0.1) is 0 Å². The van der Waals surface area contributed by atoms with Crippen molar-refractivity contribution in [1.29, 1.82) is 0 Å². The minimum Gasteiger partial charge on any atom is -0.480 e. The Balaban J connectivity index is 2.20. The lowest BCUT2D eigenvalue weighted by Gasteiger charge is -2.24. The molecule has 1 N–H and O–H groups in total. The molecule has 2 rings (SSSR count). The second-order valence-corrected chi connectivity index (χ2v) is 6.65. The van der Waals surface area contributed by atoms with Gasteiger partial charge in [-0.2, -0.15) is 0 Å². The van der Waals surface area contributed by atoms with Crippen molar-refractivity contribution in [2.75, 3.05) is 6.54 Å². The molecule has 0 saturated carbocycles. The van der Waals surface area contributed by atoms with Gasteiger partial charge in [0, 0.05) is 28.7 Å². The van der Waals surface area contributed by atoms with E-state index >= 15 is 0 Å². The highest BCUT2D eigenvalue weighted by molar-refractivity contribution is 9.10. The van der Waals surface area contributed by atoms with Gasteiger partial charge in [-0.3, -0.25) is 4.79 Å². The number of alkyl halides is 1. The van der Waals surface area contributed by atoms with E-state index in [0.717, 1.165) is 10.0 Å². The highest BCUT2D eigenvalue weighted by Gasteiger charge is 2.36. The summed E-state index contributed by atoms with van der Waals surface area (Å²) in [5.41, 5.74) is 0.890. The fourth-order valence-electron chi connectivity index (χ4n) is 2.19. The summed E-state index contributed by atoms with van der Waals surface area (Å²) in [7, 11) is 0. The van der Waals surface area contributed by atoms with Crippen molar-refractivity contribution in [2.24, 2.45) is 0 Å². The topological polar surface area (TPSA) is 57.6 Å². The van der Waals surface area contributed by atoms with Crippen LogP contribution in [0.3, 0.4) is 0 Å². The lowest BCUT2D eigenvalue weighted by Crippen LogP contribution is -2.43. The maximum Gasteiger partial charge on any atom is 0.326 e. The summed E-state index contributed by atoms with van der Waals surface area (Å²) in [5, 5.41) is 9.37. The number of carboxylic acid groups (broad SMARTS) is 1. The number of carbonyl (C=O) groups is 2. The number of carboxylic acids is 1. The van der Waals surface area contributed by atoms with Crippen molar-refractivity contribution >= 4 is 43.7 Å². The van der Waals surface area contributed by atoms with E-state index in [1.165, 1.54) is 4.90 Å². The van der Waals surface area contributed by atoms with Gasteiger partial charge in [0.2, 0.25) is 5.91 Å². The molecule has 1 aliphatic rings. The minimum absolute atomic E-state index is 0.0427. The van der Waals surface area contributed by atoms with Crippen LogP contribution in [-0.4, -0.2) is 39.3 Å². The van der Waals surface area contributed by atoms with Crippen molar-refractivity contribution in [1.82, 2.24) is 4.90 Å². The first-order valence-electron chi connectivity index (χ1n) is 5.88. The normalized spacial score (nSPS) is 20.6. The number of nitrogens with zero attached hydrogens (tertiary/aromatic N) is 1. The van der Waals surface area contributed by atoms with E-state index in [1.807, 2.05) is 24.3 Å². The van der Waals surface area contributed by atoms with Crippen LogP contribution >= 0.6 is 31.9 Å². The number of carbonyl (C=O) groups excluding carboxylic acids is 1. The molecular formula is C13H13Br2NO3. The average molecular weight is 391 g/mol. The molecule has 0 spiro atoms. The molecule has 1 aromatic carbocycles. The third-order valence-electron chi connectivity index (χ3n) is 3.14. The largest absolute Gasteiger partial charge is 0.480 e. The molecular weight excluding hydrogens is 378 g/mol. The smallest absolute Gasteiger partial charge is 0.326 e. The zero-order chi connectivity index (χ0) is 14.0. The van der Waals surface area contributed by atoms with E-state index in [4.69, 9.17) is 0 Å². The third kappa shape index (κ3) is 3.36. The van der Waals surface area contributed by atoms with Crippen molar-refractivity contribution in [3.05, 3.63) is 34.3 Å². The number of hydrogen-bond acceptors (Lipinski definition) is 2. The van der Waals surface area contributed by atoms with Gasteiger partial charge in [0.25, 0.3) is 0 Å². The number of benzene rings is 1. The Labute approximate surface area is 128 Å². The Kier molecular flexibility index (Phi) is 4.62. The van der Waals surface area contributed by atoms with Crippen molar-refractivity contribution < 1.29 is 14.7 Å². The number of likely N-dealkylation sites (tertiary alicyclic amines) is 1. The number of rotatable bonds is 4. The van der Waals surface area contributed by atoms with Crippen molar-refractivity contribution in [3.63, 3.8) is 0 Å². The van der Waals surface area contributed by atoms with Crippen LogP contribution in [0.4, 0.5) is 0 Å². The second-order valence-electron chi connectivity index (χ2n) is 4.50. The molecule has 0 radical (unpaired) electrons. The molecule has 1 fully saturated rings. The summed E-state index contributed by atoms with van der Waals surface area (Å²) in [6.45, 7) is 0.445. The maximum absolute atomic E-state index is 11.8. The average Bonchev–Trinajstić information content (AvgIpc) is 2.67. The van der Waals surface area contributed by atoms with Crippen molar-refractivity contribution in [2.45, 2.75) is 23.7 Å². The van der Waals surface area contributed by atoms with Gasteiger partial charge in [0.15, 0.2) is 0 Å². The molecule has 102 valence electrons. The van der Waals surface area contributed by atoms with Crippen LogP contribution in [0.5, 0.6) is 0 Å². The van der Waals surface area contributed by atoms with Crippen LogP contribution in [0.1, 0.15) is 12.0 Å². The predicted molar refractivity (Wildman–Crippen MR) is 78.3 cm³/mol. The molecule has 6 heteroatoms. The molecule has 1 unspecified atom stereocenters. The van der Waals surface area contributed by atoms with Crippen LogP contribution in [0.15, 0.2) is 28.7 Å². The van der Waals surface area contributed by atoms with Gasteiger partial charge < -0.3 is 10.0 Å². The fraction of sp³-hybridized carbons (Fsp3) is 0.385. The Morgan fingerprint density at radius 1 is 1.47 bits per heavy atom. The lowest BCUT2D eigenvalue weighted by atomic mass is 10.1. The molecule has 4 nitrogen and oxygen atoms in total. The fourth-order valence-corrected chi connectivity index (χ4v) is 3.23. The summed E-state index contributed by atoms with van der Waals surface area (Å²) >= 11 is 6.78. The van der Waals surface area contributed by atoms with E-state index in [0.29, 0.717) is 19.4 Å². The minimum atomic E-state index is -0.967. The van der Waals surface area contributed by atoms with Gasteiger partial charge in [-0.1, -0.05) is 50.1 Å². The quantitative estimate of drug-likeness (QED) is 0.803. The Bertz CT molecular complexity index is 506. The first-order valence-corrected chi connectivity index (χ1v) is 7.59. The molecule has 1 aliphatic heterocycles. The third-order valence-corrected chi connectivity index (χ3v) is 4.53.